The number of halogens is 2. The van der Waals surface area contributed by atoms with Crippen molar-refractivity contribution in [2.75, 3.05) is 5.32 Å². The molecule has 0 amide bonds. The van der Waals surface area contributed by atoms with Crippen molar-refractivity contribution < 1.29 is 14.3 Å². The van der Waals surface area contributed by atoms with Crippen LogP contribution < -0.4 is 5.32 Å². The molecule has 1 heterocycles. The molecule has 1 unspecified atom stereocenters. The lowest BCUT2D eigenvalue weighted by molar-refractivity contribution is 0.0695. The van der Waals surface area contributed by atoms with Crippen LogP contribution in [0.3, 0.4) is 0 Å². The lowest BCUT2D eigenvalue weighted by Gasteiger charge is -2.15. The molecule has 106 valence electrons. The van der Waals surface area contributed by atoms with Crippen LogP contribution in [-0.2, 0) is 0 Å². The first-order chi connectivity index (χ1) is 9.40. The zero-order valence-corrected chi connectivity index (χ0v) is 13.3. The number of thiophene rings is 1. The van der Waals surface area contributed by atoms with Crippen molar-refractivity contribution in [3.05, 3.63) is 49.9 Å². The molecule has 6 heteroatoms. The molecular weight excluding hydrogens is 345 g/mol. The van der Waals surface area contributed by atoms with Crippen LogP contribution in [0.4, 0.5) is 10.1 Å². The lowest BCUT2D eigenvalue weighted by Crippen LogP contribution is -2.08. The summed E-state index contributed by atoms with van der Waals surface area (Å²) in [6.07, 6.45) is 0. The quantitative estimate of drug-likeness (QED) is 0.823. The molecule has 0 aliphatic carbocycles. The van der Waals surface area contributed by atoms with Crippen LogP contribution in [0.5, 0.6) is 0 Å². The van der Waals surface area contributed by atoms with Gasteiger partial charge < -0.3 is 10.4 Å². The second-order valence-electron chi connectivity index (χ2n) is 4.41. The zero-order chi connectivity index (χ0) is 14.9. The van der Waals surface area contributed by atoms with Gasteiger partial charge in [-0.1, -0.05) is 0 Å². The molecule has 2 N–H and O–H groups in total. The smallest absolute Gasteiger partial charge is 0.336 e. The van der Waals surface area contributed by atoms with Crippen LogP contribution in [0, 0.1) is 12.7 Å². The Balaban J connectivity index is 2.26. The summed E-state index contributed by atoms with van der Waals surface area (Å²) in [6.45, 7) is 3.95. The Labute approximate surface area is 128 Å². The molecule has 0 spiro atoms. The number of rotatable bonds is 4. The minimum absolute atomic E-state index is 0.0374. The molecule has 0 aliphatic rings. The predicted octanol–water partition coefficient (Wildman–Crippen LogP) is 4.83. The molecule has 3 nitrogen and oxygen atoms in total. The highest BCUT2D eigenvalue weighted by atomic mass is 79.9. The van der Waals surface area contributed by atoms with Crippen molar-refractivity contribution in [2.24, 2.45) is 0 Å². The van der Waals surface area contributed by atoms with E-state index in [9.17, 15) is 9.18 Å². The molecular formula is C14H13BrFNO2S. The van der Waals surface area contributed by atoms with E-state index in [2.05, 4.69) is 21.2 Å². The van der Waals surface area contributed by atoms with E-state index in [0.717, 1.165) is 4.88 Å². The Morgan fingerprint density at radius 2 is 2.10 bits per heavy atom. The summed E-state index contributed by atoms with van der Waals surface area (Å²) < 4.78 is 14.1. The second-order valence-corrected chi connectivity index (χ2v) is 6.52. The van der Waals surface area contributed by atoms with Gasteiger partial charge in [-0.3, -0.25) is 0 Å². The van der Waals surface area contributed by atoms with Gasteiger partial charge in [-0.2, -0.15) is 0 Å². The average molecular weight is 358 g/mol. The SMILES string of the molecule is Cc1ccc(C(C)Nc2ccc(C(=O)O)c(Br)c2F)s1. The molecule has 0 bridgehead atoms. The number of benzene rings is 1. The third-order valence-electron chi connectivity index (χ3n) is 2.87. The molecule has 1 aromatic carbocycles. The van der Waals surface area contributed by atoms with Gasteiger partial charge in [-0.15, -0.1) is 11.3 Å². The summed E-state index contributed by atoms with van der Waals surface area (Å²) in [5.74, 6) is -1.76. The summed E-state index contributed by atoms with van der Waals surface area (Å²) in [7, 11) is 0. The van der Waals surface area contributed by atoms with E-state index in [1.165, 1.54) is 17.0 Å². The van der Waals surface area contributed by atoms with E-state index in [1.807, 2.05) is 26.0 Å². The third kappa shape index (κ3) is 3.02. The van der Waals surface area contributed by atoms with Gasteiger partial charge >= 0.3 is 5.97 Å². The van der Waals surface area contributed by atoms with Gasteiger partial charge in [0.1, 0.15) is 0 Å². The molecule has 2 rings (SSSR count). The molecule has 0 fully saturated rings. The maximum Gasteiger partial charge on any atom is 0.336 e. The number of hydrogen-bond donors (Lipinski definition) is 2. The first-order valence-corrected chi connectivity index (χ1v) is 7.55. The molecule has 1 atom stereocenters. The van der Waals surface area contributed by atoms with Crippen LogP contribution in [0.2, 0.25) is 0 Å². The van der Waals surface area contributed by atoms with Crippen LogP contribution in [-0.4, -0.2) is 11.1 Å². The van der Waals surface area contributed by atoms with Gasteiger partial charge in [0.15, 0.2) is 5.82 Å². The average Bonchev–Trinajstić information content (AvgIpc) is 2.81. The summed E-state index contributed by atoms with van der Waals surface area (Å²) >= 11 is 4.63. The van der Waals surface area contributed by atoms with E-state index >= 15 is 0 Å². The summed E-state index contributed by atoms with van der Waals surface area (Å²) in [5.41, 5.74) is 0.188. The minimum Gasteiger partial charge on any atom is -0.478 e. The largest absolute Gasteiger partial charge is 0.478 e. The van der Waals surface area contributed by atoms with Crippen molar-refractivity contribution >= 4 is 38.9 Å². The molecule has 0 saturated heterocycles. The Kier molecular flexibility index (Phi) is 4.45. The fourth-order valence-corrected chi connectivity index (χ4v) is 3.21. The Hall–Kier alpha value is -1.40. The Morgan fingerprint density at radius 1 is 1.40 bits per heavy atom. The highest BCUT2D eigenvalue weighted by molar-refractivity contribution is 9.10. The van der Waals surface area contributed by atoms with Crippen molar-refractivity contribution in [1.82, 2.24) is 0 Å². The summed E-state index contributed by atoms with van der Waals surface area (Å²) in [6, 6.07) is 6.78. The predicted molar refractivity (Wildman–Crippen MR) is 82.2 cm³/mol. The fourth-order valence-electron chi connectivity index (χ4n) is 1.82. The van der Waals surface area contributed by atoms with Gasteiger partial charge in [0.05, 0.1) is 21.8 Å². The first kappa shape index (κ1) is 15.0. The number of carboxylic acid groups (broad SMARTS) is 1. The standard InChI is InChI=1S/C14H13BrFNO2S/c1-7-3-6-11(20-7)8(2)17-10-5-4-9(14(18)19)12(15)13(10)16/h3-6,8,17H,1-2H3,(H,18,19). The van der Waals surface area contributed by atoms with Gasteiger partial charge in [-0.25, -0.2) is 9.18 Å². The summed E-state index contributed by atoms with van der Waals surface area (Å²) in [5, 5.41) is 12.0. The zero-order valence-electron chi connectivity index (χ0n) is 10.9. The number of hydrogen-bond acceptors (Lipinski definition) is 3. The number of anilines is 1. The van der Waals surface area contributed by atoms with E-state index in [4.69, 9.17) is 5.11 Å². The van der Waals surface area contributed by atoms with Crippen LogP contribution >= 0.6 is 27.3 Å². The van der Waals surface area contributed by atoms with Crippen LogP contribution in [0.25, 0.3) is 0 Å². The molecule has 0 saturated carbocycles. The van der Waals surface area contributed by atoms with Crippen molar-refractivity contribution in [1.29, 1.82) is 0 Å². The van der Waals surface area contributed by atoms with Crippen LogP contribution in [0.15, 0.2) is 28.7 Å². The minimum atomic E-state index is -1.16. The topological polar surface area (TPSA) is 49.3 Å². The van der Waals surface area contributed by atoms with Crippen molar-refractivity contribution in [3.8, 4) is 0 Å². The maximum absolute atomic E-state index is 14.1. The number of aromatic carboxylic acids is 1. The van der Waals surface area contributed by atoms with Crippen molar-refractivity contribution in [3.63, 3.8) is 0 Å². The molecule has 0 radical (unpaired) electrons. The molecule has 2 aromatic rings. The third-order valence-corrected chi connectivity index (χ3v) is 4.83. The molecule has 0 aliphatic heterocycles. The van der Waals surface area contributed by atoms with E-state index in [1.54, 1.807) is 11.3 Å². The molecule has 1 aromatic heterocycles. The van der Waals surface area contributed by atoms with E-state index in [0.29, 0.717) is 0 Å². The monoisotopic (exact) mass is 357 g/mol. The number of aryl methyl sites for hydroxylation is 1. The Bertz CT molecular complexity index is 657. The normalized spacial score (nSPS) is 12.2. The fraction of sp³-hybridized carbons (Fsp3) is 0.214. The van der Waals surface area contributed by atoms with Gasteiger partial charge in [0.2, 0.25) is 0 Å². The van der Waals surface area contributed by atoms with Crippen molar-refractivity contribution in [2.45, 2.75) is 19.9 Å². The number of nitrogens with one attached hydrogen (secondary N) is 1. The van der Waals surface area contributed by atoms with E-state index < -0.39 is 11.8 Å². The molecule has 20 heavy (non-hydrogen) atoms. The lowest BCUT2D eigenvalue weighted by atomic mass is 10.1. The van der Waals surface area contributed by atoms with E-state index in [-0.39, 0.29) is 21.8 Å². The second kappa shape index (κ2) is 5.93. The van der Waals surface area contributed by atoms with Gasteiger partial charge in [0, 0.05) is 9.75 Å². The highest BCUT2D eigenvalue weighted by Gasteiger charge is 2.17. The van der Waals surface area contributed by atoms with Crippen LogP contribution in [0.1, 0.15) is 33.1 Å². The van der Waals surface area contributed by atoms with Gasteiger partial charge in [0.25, 0.3) is 0 Å². The highest BCUT2D eigenvalue weighted by Crippen LogP contribution is 2.31. The maximum atomic E-state index is 14.1. The Morgan fingerprint density at radius 3 is 2.65 bits per heavy atom. The van der Waals surface area contributed by atoms with Gasteiger partial charge in [-0.05, 0) is 54.0 Å². The first-order valence-electron chi connectivity index (χ1n) is 5.94. The number of carbonyl (C=O) groups is 1. The number of carboxylic acids is 1. The summed E-state index contributed by atoms with van der Waals surface area (Å²) in [4.78, 5) is 13.2.